The van der Waals surface area contributed by atoms with Crippen LogP contribution in [-0.2, 0) is 14.2 Å². The summed E-state index contributed by atoms with van der Waals surface area (Å²) >= 11 is 9.69. The van der Waals surface area contributed by atoms with Crippen LogP contribution in [0, 0.1) is 0 Å². The minimum atomic E-state index is -0.613. The predicted molar refractivity (Wildman–Crippen MR) is 83.6 cm³/mol. The molecule has 22 heavy (non-hydrogen) atoms. The molecule has 0 unspecified atom stereocenters. The first-order chi connectivity index (χ1) is 10.4. The molecule has 6 nitrogen and oxygen atoms in total. The Morgan fingerprint density at radius 1 is 1.27 bits per heavy atom. The summed E-state index contributed by atoms with van der Waals surface area (Å²) in [6.07, 6.45) is 2.67. The van der Waals surface area contributed by atoms with Gasteiger partial charge in [0, 0.05) is 10.7 Å². The molecule has 0 N–H and O–H groups in total. The third-order valence-electron chi connectivity index (χ3n) is 4.05. The molecule has 0 bridgehead atoms. The number of rotatable bonds is 1. The van der Waals surface area contributed by atoms with Crippen LogP contribution in [0.15, 0.2) is 17.0 Å². The van der Waals surface area contributed by atoms with Crippen LogP contribution in [0.2, 0.25) is 5.15 Å². The lowest BCUT2D eigenvalue weighted by atomic mass is 10.1. The highest BCUT2D eigenvalue weighted by atomic mass is 79.9. The number of hydrogen-bond acceptors (Lipinski definition) is 5. The van der Waals surface area contributed by atoms with Crippen molar-refractivity contribution in [3.63, 3.8) is 0 Å². The highest BCUT2D eigenvalue weighted by Gasteiger charge is 2.54. The number of halogens is 2. The Balaban J connectivity index is 1.81. The molecule has 118 valence electrons. The molecule has 2 aromatic rings. The van der Waals surface area contributed by atoms with Crippen molar-refractivity contribution in [2.45, 2.75) is 51.1 Å². The summed E-state index contributed by atoms with van der Waals surface area (Å²) < 4.78 is 20.8. The number of aromatic nitrogens is 3. The molecule has 4 heterocycles. The van der Waals surface area contributed by atoms with Crippen LogP contribution in [0.3, 0.4) is 0 Å². The fourth-order valence-corrected chi connectivity index (χ4v) is 4.13. The minimum absolute atomic E-state index is 0.0645. The van der Waals surface area contributed by atoms with E-state index in [4.69, 9.17) is 25.8 Å². The summed E-state index contributed by atoms with van der Waals surface area (Å²) in [6.45, 7) is 5.82. The van der Waals surface area contributed by atoms with Crippen molar-refractivity contribution >= 4 is 38.6 Å². The second-order valence-electron chi connectivity index (χ2n) is 6.04. The van der Waals surface area contributed by atoms with Crippen molar-refractivity contribution in [2.24, 2.45) is 0 Å². The Kier molecular flexibility index (Phi) is 3.29. The van der Waals surface area contributed by atoms with Crippen molar-refractivity contribution in [3.05, 3.63) is 22.1 Å². The first kappa shape index (κ1) is 14.8. The molecule has 2 fully saturated rings. The number of hydrogen-bond donors (Lipinski definition) is 0. The van der Waals surface area contributed by atoms with Gasteiger partial charge in [-0.2, -0.15) is 0 Å². The molecule has 0 amide bonds. The molecular weight excluding hydrogens is 374 g/mol. The monoisotopic (exact) mass is 387 g/mol. The van der Waals surface area contributed by atoms with E-state index in [1.54, 1.807) is 0 Å². The van der Waals surface area contributed by atoms with Gasteiger partial charge in [0.05, 0.1) is 11.5 Å². The highest BCUT2D eigenvalue weighted by molar-refractivity contribution is 9.10. The zero-order chi connectivity index (χ0) is 15.6. The van der Waals surface area contributed by atoms with E-state index in [2.05, 4.69) is 25.9 Å². The van der Waals surface area contributed by atoms with Crippen molar-refractivity contribution in [2.75, 3.05) is 0 Å². The highest BCUT2D eigenvalue weighted by Crippen LogP contribution is 2.44. The Hall–Kier alpha value is -0.730. The van der Waals surface area contributed by atoms with Gasteiger partial charge in [-0.15, -0.1) is 0 Å². The van der Waals surface area contributed by atoms with Crippen LogP contribution in [0.4, 0.5) is 0 Å². The van der Waals surface area contributed by atoms with E-state index in [1.807, 2.05) is 31.5 Å². The maximum Gasteiger partial charge on any atom is 0.164 e. The van der Waals surface area contributed by atoms with Gasteiger partial charge in [-0.1, -0.05) is 11.6 Å². The number of nitrogens with zero attached hydrogens (tertiary/aromatic N) is 3. The zero-order valence-electron chi connectivity index (χ0n) is 12.3. The first-order valence-corrected chi connectivity index (χ1v) is 8.22. The van der Waals surface area contributed by atoms with Gasteiger partial charge < -0.3 is 18.8 Å². The van der Waals surface area contributed by atoms with Crippen LogP contribution < -0.4 is 0 Å². The largest absolute Gasteiger partial charge is 0.349 e. The molecule has 2 aliphatic heterocycles. The second-order valence-corrected chi connectivity index (χ2v) is 7.26. The summed E-state index contributed by atoms with van der Waals surface area (Å²) in [5.74, 6) is -0.613. The fraction of sp³-hybridized carbons (Fsp3) is 0.571. The summed E-state index contributed by atoms with van der Waals surface area (Å²) in [6, 6.07) is 0. The maximum absolute atomic E-state index is 6.18. The van der Waals surface area contributed by atoms with E-state index >= 15 is 0 Å². The van der Waals surface area contributed by atoms with Gasteiger partial charge in [-0.05, 0) is 36.7 Å². The van der Waals surface area contributed by atoms with E-state index in [1.165, 1.54) is 6.33 Å². The van der Waals surface area contributed by atoms with Crippen LogP contribution >= 0.6 is 27.5 Å². The Bertz CT molecular complexity index is 750. The molecule has 2 aliphatic rings. The molecule has 8 heteroatoms. The lowest BCUT2D eigenvalue weighted by Crippen LogP contribution is -2.27. The van der Waals surface area contributed by atoms with Crippen molar-refractivity contribution in [1.82, 2.24) is 14.5 Å². The zero-order valence-corrected chi connectivity index (χ0v) is 14.6. The molecule has 2 aromatic heterocycles. The maximum atomic E-state index is 6.18. The van der Waals surface area contributed by atoms with Crippen molar-refractivity contribution in [1.29, 1.82) is 0 Å². The smallest absolute Gasteiger partial charge is 0.164 e. The average Bonchev–Trinajstić information content (AvgIpc) is 3.02. The normalized spacial score (nSPS) is 33.5. The van der Waals surface area contributed by atoms with Gasteiger partial charge in [0.1, 0.15) is 29.3 Å². The van der Waals surface area contributed by atoms with E-state index in [0.717, 1.165) is 9.86 Å². The fourth-order valence-electron chi connectivity index (χ4n) is 3.20. The number of ether oxygens (including phenoxy) is 3. The molecule has 2 saturated heterocycles. The summed E-state index contributed by atoms with van der Waals surface area (Å²) in [4.78, 5) is 8.37. The van der Waals surface area contributed by atoms with E-state index in [-0.39, 0.29) is 24.5 Å². The first-order valence-electron chi connectivity index (χ1n) is 7.05. The molecule has 4 atom stereocenters. The lowest BCUT2D eigenvalue weighted by molar-refractivity contribution is -0.194. The Morgan fingerprint density at radius 3 is 2.77 bits per heavy atom. The predicted octanol–water partition coefficient (Wildman–Crippen LogP) is 3.28. The SMILES string of the molecule is C[C@H]1O[C@@H](n2cc(Br)c3c(Cl)ncnc32)[C@@H]2OC(C)(C)O[C@@H]21. The van der Waals surface area contributed by atoms with Crippen LogP contribution in [-0.4, -0.2) is 38.6 Å². The quantitative estimate of drug-likeness (QED) is 0.702. The summed E-state index contributed by atoms with van der Waals surface area (Å²) in [7, 11) is 0. The molecule has 0 aliphatic carbocycles. The summed E-state index contributed by atoms with van der Waals surface area (Å²) in [5.41, 5.74) is 0.707. The second kappa shape index (κ2) is 4.88. The van der Waals surface area contributed by atoms with E-state index < -0.39 is 5.79 Å². The van der Waals surface area contributed by atoms with Gasteiger partial charge >= 0.3 is 0 Å². The topological polar surface area (TPSA) is 58.4 Å². The van der Waals surface area contributed by atoms with Gasteiger partial charge in [0.15, 0.2) is 12.0 Å². The molecule has 0 aromatic carbocycles. The molecule has 0 radical (unpaired) electrons. The van der Waals surface area contributed by atoms with Crippen LogP contribution in [0.5, 0.6) is 0 Å². The van der Waals surface area contributed by atoms with E-state index in [9.17, 15) is 0 Å². The molecule has 0 saturated carbocycles. The van der Waals surface area contributed by atoms with Gasteiger partial charge in [-0.3, -0.25) is 0 Å². The van der Waals surface area contributed by atoms with Crippen molar-refractivity contribution < 1.29 is 14.2 Å². The van der Waals surface area contributed by atoms with E-state index in [0.29, 0.717) is 10.8 Å². The molecule has 0 spiro atoms. The van der Waals surface area contributed by atoms with Gasteiger partial charge in [0.2, 0.25) is 0 Å². The molecule has 4 rings (SSSR count). The molecular formula is C14H15BrClN3O3. The lowest BCUT2D eigenvalue weighted by Gasteiger charge is -2.24. The van der Waals surface area contributed by atoms with Crippen LogP contribution in [0.25, 0.3) is 11.0 Å². The standard InChI is InChI=1S/C14H15BrClN3O3/c1-6-9-10(22-14(2,3)21-9)13(20-6)19-4-7(15)8-11(16)17-5-18-12(8)19/h4-6,9-10,13H,1-3H3/t6-,9-,10-,13-/m1/s1. The van der Waals surface area contributed by atoms with Gasteiger partial charge in [-0.25, -0.2) is 9.97 Å². The Labute approximate surface area is 140 Å². The van der Waals surface area contributed by atoms with Crippen LogP contribution in [0.1, 0.15) is 27.0 Å². The minimum Gasteiger partial charge on any atom is -0.349 e. The summed E-state index contributed by atoms with van der Waals surface area (Å²) in [5, 5.41) is 1.17. The third kappa shape index (κ3) is 2.11. The third-order valence-corrected chi connectivity index (χ3v) is 4.94. The van der Waals surface area contributed by atoms with Gasteiger partial charge in [0.25, 0.3) is 0 Å². The van der Waals surface area contributed by atoms with Crippen molar-refractivity contribution in [3.8, 4) is 0 Å². The Morgan fingerprint density at radius 2 is 2.00 bits per heavy atom. The average molecular weight is 389 g/mol. The number of fused-ring (bicyclic) bond motifs is 2.